The van der Waals surface area contributed by atoms with Crippen molar-refractivity contribution in [2.75, 3.05) is 0 Å². The van der Waals surface area contributed by atoms with Gasteiger partial charge in [0.1, 0.15) is 0 Å². The van der Waals surface area contributed by atoms with Crippen molar-refractivity contribution < 1.29 is 38.7 Å². The fourth-order valence-electron chi connectivity index (χ4n) is 0. The number of hydrogen-bond donors (Lipinski definition) is 0. The van der Waals surface area contributed by atoms with Gasteiger partial charge in [-0.2, -0.15) is 0 Å². The van der Waals surface area contributed by atoms with Crippen LogP contribution in [-0.2, 0) is 24.7 Å². The molecule has 0 rings (SSSR count). The van der Waals surface area contributed by atoms with Crippen molar-refractivity contribution in [3.8, 4) is 0 Å². The van der Waals surface area contributed by atoms with Crippen LogP contribution in [0.2, 0.25) is 0 Å². The first-order valence-electron chi connectivity index (χ1n) is 0.943. The van der Waals surface area contributed by atoms with Gasteiger partial charge in [-0.1, -0.05) is 0 Å². The van der Waals surface area contributed by atoms with Crippen molar-refractivity contribution in [2.24, 2.45) is 0 Å². The van der Waals surface area contributed by atoms with E-state index < -0.39 is 31.0 Å². The van der Waals surface area contributed by atoms with Crippen molar-refractivity contribution in [1.82, 2.24) is 0 Å². The van der Waals surface area contributed by atoms with Gasteiger partial charge in [-0.15, -0.1) is 0 Å². The average molecular weight is 426 g/mol. The van der Waals surface area contributed by atoms with Crippen molar-refractivity contribution in [2.45, 2.75) is 0 Å². The van der Waals surface area contributed by atoms with Gasteiger partial charge < -0.3 is 5.71 Å². The molecule has 0 bridgehead atoms. The van der Waals surface area contributed by atoms with Gasteiger partial charge in [0, 0.05) is 17.1 Å². The maximum absolute atomic E-state index is 8.46. The van der Waals surface area contributed by atoms with Crippen LogP contribution in [0.1, 0.15) is 5.71 Å². The quantitative estimate of drug-likeness (QED) is 0.370. The fraction of sp³-hybridized carbons (Fsp3) is 0. The van der Waals surface area contributed by atoms with E-state index in [4.69, 9.17) is 15.9 Å². The summed E-state index contributed by atoms with van der Waals surface area (Å²) in [5.41, 5.74) is 0. The van der Waals surface area contributed by atoms with Crippen molar-refractivity contribution in [3.63, 3.8) is 0 Å². The molecule has 0 aromatic heterocycles. The molecule has 0 amide bonds. The zero-order chi connectivity index (χ0) is 5.41. The number of rotatable bonds is 0. The van der Waals surface area contributed by atoms with Crippen molar-refractivity contribution in [3.05, 3.63) is 0 Å². The van der Waals surface area contributed by atoms with Gasteiger partial charge in [0.05, 0.1) is 0 Å². The van der Waals surface area contributed by atoms with E-state index in [1.165, 1.54) is 0 Å². The van der Waals surface area contributed by atoms with Crippen LogP contribution in [-0.4, -0.2) is 148 Å². The maximum Gasteiger partial charge on any atom is 2.00 e. The van der Waals surface area contributed by atoms with Crippen LogP contribution in [0.5, 0.6) is 0 Å². The minimum absolute atomic E-state index is 0. The Bertz CT molecular complexity index is 56.3. The molecule has 1 radical (unpaired) electrons. The first kappa shape index (κ1) is 36.5. The monoisotopic (exact) mass is 427 g/mol. The van der Waals surface area contributed by atoms with Gasteiger partial charge >= 0.3 is 164 Å². The molecule has 0 aromatic rings. The second kappa shape index (κ2) is 49.6. The van der Waals surface area contributed by atoms with Crippen molar-refractivity contribution >= 4 is 148 Å². The van der Waals surface area contributed by atoms with Crippen LogP contribution in [0.15, 0.2) is 0 Å². The van der Waals surface area contributed by atoms with Gasteiger partial charge in [0.25, 0.3) is 0 Å². The van der Waals surface area contributed by atoms with Gasteiger partial charge in [0.2, 0.25) is 0 Å². The molecule has 47 valence electrons. The third kappa shape index (κ3) is 80.1. The maximum atomic E-state index is 8.46. The molecule has 10 heteroatoms. The Morgan fingerprint density at radius 1 is 1.10 bits per heavy atom. The first-order valence-corrected chi connectivity index (χ1v) is 2.83. The van der Waals surface area contributed by atoms with Crippen LogP contribution in [0.3, 0.4) is 0 Å². The Hall–Kier alpha value is 4.60. The summed E-state index contributed by atoms with van der Waals surface area (Å²) in [7, 11) is 0. The zero-order valence-electron chi connectivity index (χ0n) is 9.29. The van der Waals surface area contributed by atoms with Crippen LogP contribution in [0, 0.1) is 0 Å². The Balaban J connectivity index is -0.00000000182. The second-order valence-electron chi connectivity index (χ2n) is 0.192. The summed E-state index contributed by atoms with van der Waals surface area (Å²) >= 11 is -3.50. The van der Waals surface area contributed by atoms with Crippen molar-refractivity contribution in [1.29, 1.82) is 0 Å². The number of hydrogen-bond acceptors (Lipinski definition) is 4. The summed E-state index contributed by atoms with van der Waals surface area (Å²) in [6.45, 7) is 0. The molecule has 0 saturated heterocycles. The molecule has 10 heavy (non-hydrogen) atoms. The summed E-state index contributed by atoms with van der Waals surface area (Å²) in [6.07, 6.45) is 0. The van der Waals surface area contributed by atoms with Gasteiger partial charge in [-0.3, -0.25) is 0 Å². The molecule has 4 nitrogen and oxygen atoms in total. The topological polar surface area (TPSA) is 80.3 Å². The van der Waals surface area contributed by atoms with E-state index in [0.717, 1.165) is 0 Å². The Labute approximate surface area is 182 Å². The molecule has 0 fully saturated rings. The van der Waals surface area contributed by atoms with E-state index >= 15 is 0 Å². The normalized spacial score (nSPS) is 1.60. The molecule has 0 saturated carbocycles. The molecule has 0 aromatic carbocycles. The summed E-state index contributed by atoms with van der Waals surface area (Å²) < 4.78 is 33.8. The van der Waals surface area contributed by atoms with Gasteiger partial charge in [-0.05, 0) is 0 Å². The van der Waals surface area contributed by atoms with E-state index in [-0.39, 0.29) is 140 Å². The molecule has 0 N–H and O–H groups in total. The smallest absolute Gasteiger partial charge is 2.00 e. The van der Waals surface area contributed by atoms with Crippen LogP contribution >= 0.6 is 0 Å². The molecule has 0 aliphatic heterocycles. The van der Waals surface area contributed by atoms with E-state index in [0.29, 0.717) is 0 Å². The summed E-state index contributed by atoms with van der Waals surface area (Å²) in [4.78, 5) is 0. The third-order valence-corrected chi connectivity index (χ3v) is 0. The van der Waals surface area contributed by atoms with E-state index in [1.54, 1.807) is 0 Å². The third-order valence-electron chi connectivity index (χ3n) is 0. The van der Waals surface area contributed by atoms with Gasteiger partial charge in [-0.25, -0.2) is 0 Å². The SMILES string of the molecule is [Ba+2].[H-].[H-].[H-].[H-].[Mg+2].[Mn].[O]=[Al][O-].[O]=[Al][O-].[Sr+2]. The predicted molar refractivity (Wildman–Crippen MR) is 34.6 cm³/mol. The molecule has 0 heterocycles. The Morgan fingerprint density at radius 3 is 1.10 bits per heavy atom. The molecule has 0 unspecified atom stereocenters. The standard InChI is InChI=1S/2Al.Ba.Mg.Mn.4O.Sr.4H/q;;2*+2;;;;2*-1;+2;4*-1. The van der Waals surface area contributed by atoms with E-state index in [1.807, 2.05) is 0 Å². The minimum atomic E-state index is -1.75. The fourth-order valence-corrected chi connectivity index (χ4v) is 0. The summed E-state index contributed by atoms with van der Waals surface area (Å²) in [6, 6.07) is 0. The van der Waals surface area contributed by atoms with Crippen LogP contribution in [0.25, 0.3) is 0 Å². The first-order chi connectivity index (χ1) is 2.83. The molecule has 0 atom stereocenters. The second-order valence-corrected chi connectivity index (χ2v) is 0.577. The van der Waals surface area contributed by atoms with Crippen LogP contribution in [0.4, 0.5) is 0 Å². The minimum Gasteiger partial charge on any atom is 2.00 e. The van der Waals surface area contributed by atoms with Gasteiger partial charge in [0.15, 0.2) is 0 Å². The Morgan fingerprint density at radius 2 is 1.10 bits per heavy atom. The van der Waals surface area contributed by atoms with E-state index in [2.05, 4.69) is 0 Å². The molecule has 0 aliphatic rings. The summed E-state index contributed by atoms with van der Waals surface area (Å²) in [5.74, 6) is 0. The average Bonchev–Trinajstić information content (AvgIpc) is 1.39. The van der Waals surface area contributed by atoms with E-state index in [9.17, 15) is 0 Å². The largest absolute Gasteiger partial charge is 2.00 e. The molecular formula is H4Al2BaMgMnO4Sr. The molecule has 0 aliphatic carbocycles. The Kier molecular flexibility index (Phi) is 181. The zero-order valence-corrected chi connectivity index (χ0v) is 18.1. The summed E-state index contributed by atoms with van der Waals surface area (Å²) in [5, 5.41) is 0. The van der Waals surface area contributed by atoms with Crippen LogP contribution < -0.4 is 8.32 Å². The molecular weight excluding hydrogens is 422 g/mol. The predicted octanol–water partition coefficient (Wildman–Crippen LogP) is -4.07. The molecule has 0 spiro atoms.